The largest absolute Gasteiger partial charge is 0.669 e. The number of fused-ring (bicyclic) bond motifs is 1. The first kappa shape index (κ1) is 21.4. The Labute approximate surface area is 168 Å². The molecule has 1 amide bonds. The van der Waals surface area contributed by atoms with Gasteiger partial charge in [-0.1, -0.05) is 19.8 Å². The van der Waals surface area contributed by atoms with E-state index in [1.807, 2.05) is 0 Å². The van der Waals surface area contributed by atoms with Crippen LogP contribution in [0.15, 0.2) is 12.1 Å². The zero-order valence-corrected chi connectivity index (χ0v) is 15.2. The molecule has 2 fully saturated rings. The molecule has 4 rings (SSSR count). The van der Waals surface area contributed by atoms with Gasteiger partial charge in [0.2, 0.25) is 5.91 Å². The van der Waals surface area contributed by atoms with E-state index in [4.69, 9.17) is 15.1 Å². The topological polar surface area (TPSA) is 157 Å². The fraction of sp³-hybridized carbons (Fsp3) is 0.556. The van der Waals surface area contributed by atoms with E-state index in [-0.39, 0.29) is 61.3 Å². The van der Waals surface area contributed by atoms with Crippen LogP contribution in [-0.4, -0.2) is 71.4 Å². The number of ether oxygens (including phenoxy) is 1. The molecule has 0 spiro atoms. The summed E-state index contributed by atoms with van der Waals surface area (Å²) in [4.78, 5) is 25.7. The first-order valence-corrected chi connectivity index (χ1v) is 9.34. The minimum atomic E-state index is -3.11. The van der Waals surface area contributed by atoms with Gasteiger partial charge in [-0.25, -0.2) is 0 Å². The summed E-state index contributed by atoms with van der Waals surface area (Å²) in [5.41, 5.74) is 6.00. The molecular formula is C18H26BN3O7-2. The lowest BCUT2D eigenvalue weighted by Crippen LogP contribution is -2.59. The molecule has 5 N–H and O–H groups in total. The maximum absolute atomic E-state index is 12.4. The van der Waals surface area contributed by atoms with E-state index >= 15 is 0 Å². The number of carboxylic acids is 1. The smallest absolute Gasteiger partial charge is 0.430 e. The molecule has 0 saturated carbocycles. The van der Waals surface area contributed by atoms with Gasteiger partial charge in [-0.2, -0.15) is 0 Å². The Morgan fingerprint density at radius 2 is 2.07 bits per heavy atom. The molecule has 10 nitrogen and oxygen atoms in total. The second-order valence-electron chi connectivity index (χ2n) is 7.67. The van der Waals surface area contributed by atoms with Gasteiger partial charge in [0, 0.05) is 12.6 Å². The predicted molar refractivity (Wildman–Crippen MR) is 102 cm³/mol. The Hall–Kier alpha value is -2.34. The van der Waals surface area contributed by atoms with Crippen LogP contribution in [0.3, 0.4) is 0 Å². The molecule has 0 radical (unpaired) electrons. The highest BCUT2D eigenvalue weighted by Crippen LogP contribution is 2.38. The summed E-state index contributed by atoms with van der Waals surface area (Å²) in [6, 6.07) is 2.81. The number of benzene rings is 1. The Kier molecular flexibility index (Phi) is 5.77. The number of likely N-dealkylation sites (tertiary alicyclic amines) is 1. The maximum atomic E-state index is 12.4. The highest BCUT2D eigenvalue weighted by Gasteiger charge is 2.39. The number of hydrogen-bond acceptors (Lipinski definition) is 9. The number of nitrogens with one attached hydrogen (secondary N) is 1. The van der Waals surface area contributed by atoms with Crippen LogP contribution in [-0.2, 0) is 11.2 Å². The minimum absolute atomic E-state index is 0. The van der Waals surface area contributed by atoms with Crippen molar-refractivity contribution in [2.75, 3.05) is 19.6 Å². The van der Waals surface area contributed by atoms with Crippen molar-refractivity contribution >= 4 is 18.6 Å². The van der Waals surface area contributed by atoms with E-state index in [1.54, 1.807) is 11.0 Å². The van der Waals surface area contributed by atoms with Crippen LogP contribution in [0.25, 0.3) is 0 Å². The zero-order chi connectivity index (χ0) is 20.1. The molecule has 1 aromatic carbocycles. The van der Waals surface area contributed by atoms with Gasteiger partial charge in [0.05, 0.1) is 36.4 Å². The van der Waals surface area contributed by atoms with Crippen LogP contribution in [0.1, 0.15) is 29.8 Å². The Bertz CT molecular complexity index is 813. The van der Waals surface area contributed by atoms with Gasteiger partial charge in [0.25, 0.3) is 0 Å². The molecule has 11 heteroatoms. The number of carboxylic acid groups (broad SMARTS) is 1. The standard InChI is InChI=1S/C17H23BN3O7.CH4/c19-10-5-12(20-6-10)16(22)21-7-11(8-21)27-13-2-1-9-3-4-18(25,26)28-15(9)14(13)17(23)24;/h1-2,10-12,20,25-26H,3-8,19H2,(H,23,24);1H4/q-1;/p-1/t10-,12-;/m0./s1. The number of nitrogens with zero attached hydrogens (tertiary/aromatic N) is 1. The summed E-state index contributed by atoms with van der Waals surface area (Å²) in [7, 11) is 0. The van der Waals surface area contributed by atoms with Crippen molar-refractivity contribution in [1.82, 2.24) is 10.2 Å². The molecule has 2 atom stereocenters. The van der Waals surface area contributed by atoms with Gasteiger partial charge in [0.1, 0.15) is 11.9 Å². The van der Waals surface area contributed by atoms with Crippen LogP contribution >= 0.6 is 0 Å². The van der Waals surface area contributed by atoms with Gasteiger partial charge in [-0.05, 0) is 24.5 Å². The monoisotopic (exact) mass is 407 g/mol. The zero-order valence-electron chi connectivity index (χ0n) is 15.2. The summed E-state index contributed by atoms with van der Waals surface area (Å²) >= 11 is 0. The maximum Gasteiger partial charge on any atom is 0.430 e. The number of carbonyl (C=O) groups excluding carboxylic acids is 2. The second kappa shape index (κ2) is 7.83. The summed E-state index contributed by atoms with van der Waals surface area (Å²) in [6.07, 6.45) is 0.463. The van der Waals surface area contributed by atoms with Crippen LogP contribution in [0.5, 0.6) is 11.5 Å². The molecule has 160 valence electrons. The van der Waals surface area contributed by atoms with Crippen LogP contribution < -0.4 is 25.5 Å². The average Bonchev–Trinajstić information content (AvgIpc) is 3.02. The van der Waals surface area contributed by atoms with Crippen LogP contribution in [0.2, 0.25) is 6.32 Å². The summed E-state index contributed by atoms with van der Waals surface area (Å²) in [5, 5.41) is 34.3. The number of rotatable bonds is 4. The average molecular weight is 407 g/mol. The number of amides is 1. The molecule has 3 aliphatic rings. The lowest BCUT2D eigenvalue weighted by molar-refractivity contribution is -0.255. The number of carbonyl (C=O) groups is 2. The lowest BCUT2D eigenvalue weighted by atomic mass is 9.70. The van der Waals surface area contributed by atoms with Crippen molar-refractivity contribution in [1.29, 1.82) is 0 Å². The van der Waals surface area contributed by atoms with Gasteiger partial charge in [-0.3, -0.25) is 4.79 Å². The number of aromatic carboxylic acids is 1. The van der Waals surface area contributed by atoms with Crippen LogP contribution in [0, 0.1) is 0 Å². The van der Waals surface area contributed by atoms with Gasteiger partial charge >= 0.3 is 6.75 Å². The van der Waals surface area contributed by atoms with Gasteiger partial charge in [0.15, 0.2) is 0 Å². The van der Waals surface area contributed by atoms with Crippen molar-refractivity contribution in [3.8, 4) is 11.5 Å². The second-order valence-corrected chi connectivity index (χ2v) is 7.67. The Balaban J connectivity index is 0.00000240. The Morgan fingerprint density at radius 3 is 2.69 bits per heavy atom. The molecule has 0 aromatic heterocycles. The van der Waals surface area contributed by atoms with Gasteiger partial charge in [-0.15, -0.1) is 0 Å². The lowest BCUT2D eigenvalue weighted by Gasteiger charge is -2.41. The van der Waals surface area contributed by atoms with E-state index in [9.17, 15) is 24.7 Å². The first-order chi connectivity index (χ1) is 13.2. The highest BCUT2D eigenvalue weighted by molar-refractivity contribution is 6.59. The van der Waals surface area contributed by atoms with E-state index in [1.165, 1.54) is 6.07 Å². The Morgan fingerprint density at radius 1 is 1.34 bits per heavy atom. The quantitative estimate of drug-likeness (QED) is 0.408. The van der Waals surface area contributed by atoms with Crippen molar-refractivity contribution in [3.63, 3.8) is 0 Å². The molecule has 1 aromatic rings. The molecule has 3 heterocycles. The number of nitrogens with two attached hydrogens (primary N) is 1. The third kappa shape index (κ3) is 4.18. The molecule has 2 saturated heterocycles. The molecule has 3 aliphatic heterocycles. The van der Waals surface area contributed by atoms with Gasteiger partial charge < -0.3 is 45.3 Å². The van der Waals surface area contributed by atoms with Crippen molar-refractivity contribution in [2.45, 2.75) is 44.8 Å². The summed E-state index contributed by atoms with van der Waals surface area (Å²) < 4.78 is 10.9. The SMILES string of the molecule is C.N[C@@H]1CN[C@H](C(=O)N2CC(Oc3ccc4c(c3C(=O)[O-])O[B-](O)(O)CC4)C2)C1. The van der Waals surface area contributed by atoms with Crippen molar-refractivity contribution < 1.29 is 34.1 Å². The molecular weight excluding hydrogens is 381 g/mol. The first-order valence-electron chi connectivity index (χ1n) is 9.34. The molecule has 0 bridgehead atoms. The normalized spacial score (nSPS) is 25.3. The van der Waals surface area contributed by atoms with E-state index in [2.05, 4.69) is 5.32 Å². The molecule has 29 heavy (non-hydrogen) atoms. The minimum Gasteiger partial charge on any atom is -0.669 e. The number of hydrogen-bond donors (Lipinski definition) is 4. The summed E-state index contributed by atoms with van der Waals surface area (Å²) in [5.74, 6) is -1.69. The third-order valence-electron chi connectivity index (χ3n) is 5.42. The molecule has 0 aliphatic carbocycles. The fourth-order valence-corrected chi connectivity index (χ4v) is 3.87. The van der Waals surface area contributed by atoms with Crippen LogP contribution in [0.4, 0.5) is 0 Å². The van der Waals surface area contributed by atoms with E-state index in [0.717, 1.165) is 0 Å². The summed E-state index contributed by atoms with van der Waals surface area (Å²) in [6.45, 7) is -1.86. The van der Waals surface area contributed by atoms with Crippen molar-refractivity contribution in [2.24, 2.45) is 5.73 Å². The highest BCUT2D eigenvalue weighted by atomic mass is 16.6. The third-order valence-corrected chi connectivity index (χ3v) is 5.42. The van der Waals surface area contributed by atoms with Crippen molar-refractivity contribution in [3.05, 3.63) is 23.3 Å². The molecule has 0 unspecified atom stereocenters. The fourth-order valence-electron chi connectivity index (χ4n) is 3.87. The van der Waals surface area contributed by atoms with E-state index in [0.29, 0.717) is 31.6 Å². The predicted octanol–water partition coefficient (Wildman–Crippen LogP) is -2.18. The van der Waals surface area contributed by atoms with E-state index < -0.39 is 12.7 Å². The number of aryl methyl sites for hydroxylation is 1.